The molecular formula is C15H13. The molecule has 0 aliphatic heterocycles. The molecule has 0 unspecified atom stereocenters. The zero-order valence-corrected chi connectivity index (χ0v) is 9.04. The Kier molecular flexibility index (Phi) is 1.72. The van der Waals surface area contributed by atoms with Crippen LogP contribution >= 0.6 is 0 Å². The van der Waals surface area contributed by atoms with Crippen LogP contribution in [0, 0.1) is 20.3 Å². The minimum Gasteiger partial charge on any atom is -0.0590 e. The second-order valence-corrected chi connectivity index (χ2v) is 4.33. The Morgan fingerprint density at radius 1 is 0.667 bits per heavy atom. The van der Waals surface area contributed by atoms with E-state index in [1.807, 2.05) is 0 Å². The number of hydrogen-bond donors (Lipinski definition) is 0. The van der Waals surface area contributed by atoms with E-state index in [4.69, 9.17) is 0 Å². The van der Waals surface area contributed by atoms with Gasteiger partial charge in [0.1, 0.15) is 0 Å². The molecule has 2 aromatic rings. The second-order valence-electron chi connectivity index (χ2n) is 4.33. The summed E-state index contributed by atoms with van der Waals surface area (Å²) in [5, 5.41) is 0. The van der Waals surface area contributed by atoms with Crippen LogP contribution in [0.2, 0.25) is 0 Å². The first-order valence-electron chi connectivity index (χ1n) is 5.30. The Morgan fingerprint density at radius 2 is 1.13 bits per heavy atom. The summed E-state index contributed by atoms with van der Waals surface area (Å²) in [7, 11) is 0. The molecule has 15 heavy (non-hydrogen) atoms. The molecule has 1 aliphatic carbocycles. The SMILES string of the molecule is Cc1ccc2c(c1)-c1cc(C)ccc1[CH]2. The molecule has 0 spiro atoms. The van der Waals surface area contributed by atoms with Gasteiger partial charge in [-0.15, -0.1) is 0 Å². The van der Waals surface area contributed by atoms with E-state index >= 15 is 0 Å². The predicted octanol–water partition coefficient (Wildman–Crippen LogP) is 3.88. The van der Waals surface area contributed by atoms with Crippen molar-refractivity contribution in [3.63, 3.8) is 0 Å². The van der Waals surface area contributed by atoms with Crippen molar-refractivity contribution in [3.05, 3.63) is 65.1 Å². The maximum absolute atomic E-state index is 2.27. The summed E-state index contributed by atoms with van der Waals surface area (Å²) in [6.45, 7) is 4.29. The van der Waals surface area contributed by atoms with Crippen LogP contribution in [0.5, 0.6) is 0 Å². The number of benzene rings is 2. The molecule has 0 fully saturated rings. The van der Waals surface area contributed by atoms with Crippen molar-refractivity contribution < 1.29 is 0 Å². The number of fused-ring (bicyclic) bond motifs is 3. The van der Waals surface area contributed by atoms with E-state index < -0.39 is 0 Å². The van der Waals surface area contributed by atoms with Crippen molar-refractivity contribution in [2.45, 2.75) is 13.8 Å². The Labute approximate surface area is 90.6 Å². The largest absolute Gasteiger partial charge is 0.0590 e. The fraction of sp³-hybridized carbons (Fsp3) is 0.133. The molecule has 0 saturated carbocycles. The average molecular weight is 193 g/mol. The fourth-order valence-corrected chi connectivity index (χ4v) is 2.23. The van der Waals surface area contributed by atoms with Gasteiger partial charge >= 0.3 is 0 Å². The molecule has 0 saturated heterocycles. The molecule has 73 valence electrons. The second kappa shape index (κ2) is 2.96. The van der Waals surface area contributed by atoms with Crippen molar-refractivity contribution >= 4 is 0 Å². The predicted molar refractivity (Wildman–Crippen MR) is 63.9 cm³/mol. The van der Waals surface area contributed by atoms with Crippen LogP contribution in [0.1, 0.15) is 22.3 Å². The summed E-state index contributed by atoms with van der Waals surface area (Å²) in [6, 6.07) is 13.3. The number of rotatable bonds is 0. The molecule has 0 nitrogen and oxygen atoms in total. The zero-order chi connectivity index (χ0) is 10.4. The van der Waals surface area contributed by atoms with E-state index in [0.717, 1.165) is 0 Å². The summed E-state index contributed by atoms with van der Waals surface area (Å²) in [5.41, 5.74) is 8.12. The first-order chi connectivity index (χ1) is 7.24. The highest BCUT2D eigenvalue weighted by Crippen LogP contribution is 2.38. The summed E-state index contributed by atoms with van der Waals surface area (Å²) >= 11 is 0. The van der Waals surface area contributed by atoms with Gasteiger partial charge < -0.3 is 0 Å². The van der Waals surface area contributed by atoms with E-state index in [9.17, 15) is 0 Å². The number of hydrogen-bond acceptors (Lipinski definition) is 0. The van der Waals surface area contributed by atoms with Crippen LogP contribution in [0.3, 0.4) is 0 Å². The third-order valence-electron chi connectivity index (χ3n) is 3.02. The molecule has 0 heteroatoms. The van der Waals surface area contributed by atoms with Crippen LogP contribution in [0.25, 0.3) is 11.1 Å². The summed E-state index contributed by atoms with van der Waals surface area (Å²) in [6.07, 6.45) is 2.27. The van der Waals surface area contributed by atoms with E-state index in [1.54, 1.807) is 0 Å². The van der Waals surface area contributed by atoms with Crippen LogP contribution < -0.4 is 0 Å². The Balaban J connectivity index is 2.28. The Bertz CT molecular complexity index is 486. The first kappa shape index (κ1) is 8.72. The number of aryl methyl sites for hydroxylation is 2. The maximum atomic E-state index is 2.27. The van der Waals surface area contributed by atoms with Gasteiger partial charge in [0.25, 0.3) is 0 Å². The molecule has 0 bridgehead atoms. The first-order valence-corrected chi connectivity index (χ1v) is 5.30. The molecule has 1 radical (unpaired) electrons. The van der Waals surface area contributed by atoms with Gasteiger partial charge in [-0.05, 0) is 36.1 Å². The lowest BCUT2D eigenvalue weighted by atomic mass is 10.0. The Hall–Kier alpha value is -1.56. The summed E-state index contributed by atoms with van der Waals surface area (Å²) in [5.74, 6) is 0. The van der Waals surface area contributed by atoms with Gasteiger partial charge in [-0.2, -0.15) is 0 Å². The highest BCUT2D eigenvalue weighted by molar-refractivity contribution is 5.81. The molecule has 2 aromatic carbocycles. The van der Waals surface area contributed by atoms with Gasteiger partial charge in [0.2, 0.25) is 0 Å². The topological polar surface area (TPSA) is 0 Å². The van der Waals surface area contributed by atoms with Crippen LogP contribution in [-0.4, -0.2) is 0 Å². The van der Waals surface area contributed by atoms with Crippen LogP contribution in [0.15, 0.2) is 36.4 Å². The molecule has 1 aliphatic rings. The van der Waals surface area contributed by atoms with Gasteiger partial charge in [-0.1, -0.05) is 47.5 Å². The standard InChI is InChI=1S/C15H13/c1-10-3-5-12-9-13-6-4-11(2)8-15(13)14(12)7-10/h3-9H,1-2H3. The van der Waals surface area contributed by atoms with Gasteiger partial charge in [-0.25, -0.2) is 0 Å². The third kappa shape index (κ3) is 1.29. The summed E-state index contributed by atoms with van der Waals surface area (Å²) in [4.78, 5) is 0. The molecular weight excluding hydrogens is 180 g/mol. The summed E-state index contributed by atoms with van der Waals surface area (Å²) < 4.78 is 0. The monoisotopic (exact) mass is 193 g/mol. The highest BCUT2D eigenvalue weighted by Gasteiger charge is 2.18. The molecule has 0 N–H and O–H groups in total. The third-order valence-corrected chi connectivity index (χ3v) is 3.02. The lowest BCUT2D eigenvalue weighted by Gasteiger charge is -2.03. The van der Waals surface area contributed by atoms with E-state index in [1.165, 1.54) is 33.4 Å². The lowest BCUT2D eigenvalue weighted by molar-refractivity contribution is 1.45. The minimum atomic E-state index is 1.33. The van der Waals surface area contributed by atoms with Crippen molar-refractivity contribution in [1.29, 1.82) is 0 Å². The van der Waals surface area contributed by atoms with Crippen molar-refractivity contribution in [3.8, 4) is 11.1 Å². The molecule has 0 atom stereocenters. The zero-order valence-electron chi connectivity index (χ0n) is 9.04. The van der Waals surface area contributed by atoms with Crippen LogP contribution in [0.4, 0.5) is 0 Å². The molecule has 0 amide bonds. The van der Waals surface area contributed by atoms with E-state index in [0.29, 0.717) is 0 Å². The molecule has 3 rings (SSSR count). The van der Waals surface area contributed by atoms with Crippen LogP contribution in [-0.2, 0) is 0 Å². The van der Waals surface area contributed by atoms with E-state index in [2.05, 4.69) is 56.7 Å². The minimum absolute atomic E-state index is 1.33. The van der Waals surface area contributed by atoms with Gasteiger partial charge in [-0.3, -0.25) is 0 Å². The van der Waals surface area contributed by atoms with Crippen molar-refractivity contribution in [2.24, 2.45) is 0 Å². The maximum Gasteiger partial charge on any atom is 0.0211 e. The van der Waals surface area contributed by atoms with Crippen molar-refractivity contribution in [2.75, 3.05) is 0 Å². The van der Waals surface area contributed by atoms with E-state index in [-0.39, 0.29) is 0 Å². The Morgan fingerprint density at radius 3 is 1.60 bits per heavy atom. The average Bonchev–Trinajstić information content (AvgIpc) is 2.56. The van der Waals surface area contributed by atoms with Gasteiger partial charge in [0, 0.05) is 6.42 Å². The highest BCUT2D eigenvalue weighted by atomic mass is 14.2. The quantitative estimate of drug-likeness (QED) is 0.508. The molecule has 0 aromatic heterocycles. The lowest BCUT2D eigenvalue weighted by Crippen LogP contribution is -1.80. The van der Waals surface area contributed by atoms with Crippen molar-refractivity contribution in [1.82, 2.24) is 0 Å². The fourth-order valence-electron chi connectivity index (χ4n) is 2.23. The molecule has 0 heterocycles. The smallest absolute Gasteiger partial charge is 0.0211 e. The van der Waals surface area contributed by atoms with Gasteiger partial charge in [0.15, 0.2) is 0 Å². The normalized spacial score (nSPS) is 12.4. The van der Waals surface area contributed by atoms with Gasteiger partial charge in [0.05, 0.1) is 0 Å².